The van der Waals surface area contributed by atoms with Gasteiger partial charge in [0, 0.05) is 19.3 Å². The Kier molecular flexibility index (Phi) is 43.5. The summed E-state index contributed by atoms with van der Waals surface area (Å²) in [4.78, 5) is 37.7. The van der Waals surface area contributed by atoms with E-state index >= 15 is 0 Å². The SMILES string of the molecule is CC/C=C\C/C=C\C/C=C\C/C=C\CCC(=O)OC(COC(=O)CCCCCCCCCC)COC(=O)CCCCCCCCC/C=C\CCCCCCCCC. The van der Waals surface area contributed by atoms with E-state index in [1.807, 2.05) is 12.2 Å². The Bertz CT molecular complexity index is 1050. The molecule has 1 unspecified atom stereocenters. The molecule has 0 heterocycles. The van der Waals surface area contributed by atoms with Crippen LogP contribution in [-0.2, 0) is 28.6 Å². The second-order valence-corrected chi connectivity index (χ2v) is 15.6. The standard InChI is InChI=1S/C51H88O6/c1-4-7-10-13-16-19-21-23-24-25-26-27-29-30-32-35-38-41-44-50(53)56-47-48(46-55-49(52)43-40-37-34-18-15-12-9-6-3)57-51(54)45-42-39-36-33-31-28-22-20-17-14-11-8-5-2/h8,11,17,20,24-25,28,31,36,39,48H,4-7,9-10,12-16,18-19,21-23,26-27,29-30,32-35,37-38,40-47H2,1-3H3/b11-8-,20-17-,25-24-,31-28-,39-36-. The number of hydrogen-bond acceptors (Lipinski definition) is 6. The van der Waals surface area contributed by atoms with Gasteiger partial charge >= 0.3 is 17.9 Å². The minimum Gasteiger partial charge on any atom is -0.462 e. The normalized spacial score (nSPS) is 12.5. The largest absolute Gasteiger partial charge is 0.462 e. The number of rotatable bonds is 42. The van der Waals surface area contributed by atoms with E-state index < -0.39 is 12.1 Å². The molecule has 0 aliphatic rings. The lowest BCUT2D eigenvalue weighted by Crippen LogP contribution is -2.30. The average molecular weight is 797 g/mol. The molecule has 0 saturated carbocycles. The molecule has 6 heteroatoms. The molecule has 1 atom stereocenters. The molecule has 0 N–H and O–H groups in total. The molecular formula is C51H88O6. The zero-order valence-corrected chi connectivity index (χ0v) is 37.3. The van der Waals surface area contributed by atoms with Gasteiger partial charge in [0.1, 0.15) is 13.2 Å². The van der Waals surface area contributed by atoms with Gasteiger partial charge in [-0.25, -0.2) is 0 Å². The summed E-state index contributed by atoms with van der Waals surface area (Å²) in [5.74, 6) is -0.995. The third kappa shape index (κ3) is 44.1. The maximum Gasteiger partial charge on any atom is 0.306 e. The van der Waals surface area contributed by atoms with Crippen molar-refractivity contribution in [2.24, 2.45) is 0 Å². The van der Waals surface area contributed by atoms with Gasteiger partial charge < -0.3 is 14.2 Å². The molecule has 0 aromatic rings. The van der Waals surface area contributed by atoms with Crippen LogP contribution in [0.3, 0.4) is 0 Å². The van der Waals surface area contributed by atoms with Gasteiger partial charge in [-0.3, -0.25) is 14.4 Å². The van der Waals surface area contributed by atoms with Crippen LogP contribution >= 0.6 is 0 Å². The van der Waals surface area contributed by atoms with Crippen LogP contribution in [0.1, 0.15) is 226 Å². The Morgan fingerprint density at radius 3 is 1.14 bits per heavy atom. The predicted molar refractivity (Wildman–Crippen MR) is 242 cm³/mol. The maximum absolute atomic E-state index is 12.7. The van der Waals surface area contributed by atoms with E-state index in [0.29, 0.717) is 19.3 Å². The van der Waals surface area contributed by atoms with Crippen molar-refractivity contribution in [2.75, 3.05) is 13.2 Å². The summed E-state index contributed by atoms with van der Waals surface area (Å²) >= 11 is 0. The lowest BCUT2D eigenvalue weighted by atomic mass is 10.1. The van der Waals surface area contributed by atoms with E-state index in [0.717, 1.165) is 64.2 Å². The number of carbonyl (C=O) groups is 3. The summed E-state index contributed by atoms with van der Waals surface area (Å²) in [5.41, 5.74) is 0. The number of carbonyl (C=O) groups excluding carboxylic acids is 3. The van der Waals surface area contributed by atoms with E-state index in [1.54, 1.807) is 0 Å². The molecule has 0 radical (unpaired) electrons. The third-order valence-corrected chi connectivity index (χ3v) is 10.0. The summed E-state index contributed by atoms with van der Waals surface area (Å²) < 4.78 is 16.6. The summed E-state index contributed by atoms with van der Waals surface area (Å²) in [6.07, 6.45) is 55.1. The fourth-order valence-corrected chi connectivity index (χ4v) is 6.45. The van der Waals surface area contributed by atoms with Gasteiger partial charge in [0.05, 0.1) is 0 Å². The highest BCUT2D eigenvalue weighted by Gasteiger charge is 2.19. The second kappa shape index (κ2) is 45.8. The van der Waals surface area contributed by atoms with Gasteiger partial charge in [0.2, 0.25) is 0 Å². The first-order valence-electron chi connectivity index (χ1n) is 23.8. The van der Waals surface area contributed by atoms with Gasteiger partial charge in [0.25, 0.3) is 0 Å². The number of hydrogen-bond donors (Lipinski definition) is 0. The van der Waals surface area contributed by atoms with Gasteiger partial charge in [-0.2, -0.15) is 0 Å². The molecule has 0 aromatic heterocycles. The number of unbranched alkanes of at least 4 members (excludes halogenated alkanes) is 21. The molecule has 0 amide bonds. The fourth-order valence-electron chi connectivity index (χ4n) is 6.45. The monoisotopic (exact) mass is 797 g/mol. The molecule has 6 nitrogen and oxygen atoms in total. The number of ether oxygens (including phenoxy) is 3. The van der Waals surface area contributed by atoms with Crippen LogP contribution in [0.4, 0.5) is 0 Å². The highest BCUT2D eigenvalue weighted by atomic mass is 16.6. The number of allylic oxidation sites excluding steroid dienone is 10. The Morgan fingerprint density at radius 2 is 0.719 bits per heavy atom. The van der Waals surface area contributed by atoms with Crippen LogP contribution in [0.5, 0.6) is 0 Å². The van der Waals surface area contributed by atoms with Crippen molar-refractivity contribution in [2.45, 2.75) is 232 Å². The lowest BCUT2D eigenvalue weighted by Gasteiger charge is -2.18. The molecule has 0 aliphatic heterocycles. The van der Waals surface area contributed by atoms with Gasteiger partial charge in [0.15, 0.2) is 6.10 Å². The van der Waals surface area contributed by atoms with Crippen LogP contribution in [0.25, 0.3) is 0 Å². The minimum atomic E-state index is -0.809. The summed E-state index contributed by atoms with van der Waals surface area (Å²) in [7, 11) is 0. The summed E-state index contributed by atoms with van der Waals surface area (Å²) in [6.45, 7) is 6.42. The van der Waals surface area contributed by atoms with Gasteiger partial charge in [-0.1, -0.05) is 197 Å². The van der Waals surface area contributed by atoms with E-state index in [4.69, 9.17) is 14.2 Å². The maximum atomic E-state index is 12.7. The number of esters is 3. The molecular weight excluding hydrogens is 709 g/mol. The van der Waals surface area contributed by atoms with Crippen molar-refractivity contribution >= 4 is 17.9 Å². The molecule has 328 valence electrons. The molecule has 0 spiro atoms. The van der Waals surface area contributed by atoms with Gasteiger partial charge in [-0.15, -0.1) is 0 Å². The predicted octanol–water partition coefficient (Wildman–Crippen LogP) is 15.3. The molecule has 0 aliphatic carbocycles. The second-order valence-electron chi connectivity index (χ2n) is 15.6. The average Bonchev–Trinajstić information content (AvgIpc) is 3.21. The first-order chi connectivity index (χ1) is 28.0. The highest BCUT2D eigenvalue weighted by molar-refractivity contribution is 5.71. The van der Waals surface area contributed by atoms with Crippen molar-refractivity contribution in [3.8, 4) is 0 Å². The summed E-state index contributed by atoms with van der Waals surface area (Å²) in [6, 6.07) is 0. The van der Waals surface area contributed by atoms with Crippen LogP contribution < -0.4 is 0 Å². The lowest BCUT2D eigenvalue weighted by molar-refractivity contribution is -0.166. The van der Waals surface area contributed by atoms with Gasteiger partial charge in [-0.05, 0) is 70.6 Å². The van der Waals surface area contributed by atoms with E-state index in [-0.39, 0.29) is 31.6 Å². The van der Waals surface area contributed by atoms with Crippen molar-refractivity contribution in [3.05, 3.63) is 60.8 Å². The highest BCUT2D eigenvalue weighted by Crippen LogP contribution is 2.14. The topological polar surface area (TPSA) is 78.9 Å². The van der Waals surface area contributed by atoms with Crippen LogP contribution in [0.2, 0.25) is 0 Å². The first-order valence-corrected chi connectivity index (χ1v) is 23.8. The van der Waals surface area contributed by atoms with Crippen molar-refractivity contribution in [3.63, 3.8) is 0 Å². The zero-order valence-electron chi connectivity index (χ0n) is 37.3. The Morgan fingerprint density at radius 1 is 0.368 bits per heavy atom. The Labute approximate surface area is 351 Å². The molecule has 0 bridgehead atoms. The van der Waals surface area contributed by atoms with Crippen molar-refractivity contribution < 1.29 is 28.6 Å². The zero-order chi connectivity index (χ0) is 41.5. The molecule has 0 aromatic carbocycles. The molecule has 0 fully saturated rings. The molecule has 0 rings (SSSR count). The Balaban J connectivity index is 4.37. The van der Waals surface area contributed by atoms with E-state index in [2.05, 4.69) is 69.4 Å². The Hall–Kier alpha value is -2.89. The third-order valence-electron chi connectivity index (χ3n) is 10.0. The van der Waals surface area contributed by atoms with Crippen molar-refractivity contribution in [1.29, 1.82) is 0 Å². The van der Waals surface area contributed by atoms with Crippen molar-refractivity contribution in [1.82, 2.24) is 0 Å². The molecule has 0 saturated heterocycles. The van der Waals surface area contributed by atoms with E-state index in [1.165, 1.54) is 116 Å². The van der Waals surface area contributed by atoms with Crippen LogP contribution in [0, 0.1) is 0 Å². The van der Waals surface area contributed by atoms with Crippen LogP contribution in [-0.4, -0.2) is 37.2 Å². The van der Waals surface area contributed by atoms with E-state index in [9.17, 15) is 14.4 Å². The minimum absolute atomic E-state index is 0.103. The van der Waals surface area contributed by atoms with Crippen LogP contribution in [0.15, 0.2) is 60.8 Å². The first kappa shape index (κ1) is 54.1. The smallest absolute Gasteiger partial charge is 0.306 e. The summed E-state index contributed by atoms with van der Waals surface area (Å²) in [5, 5.41) is 0. The molecule has 57 heavy (non-hydrogen) atoms. The fraction of sp³-hybridized carbons (Fsp3) is 0.745. The quantitative estimate of drug-likeness (QED) is 0.0265.